The third-order valence-corrected chi connectivity index (χ3v) is 2.72. The predicted molar refractivity (Wildman–Crippen MR) is 62.8 cm³/mol. The summed E-state index contributed by atoms with van der Waals surface area (Å²) in [6.07, 6.45) is 0. The zero-order valence-electron chi connectivity index (χ0n) is 10.5. The minimum absolute atomic E-state index is 0.267. The molecular formula is C13H18O3. The standard InChI is InChI=1S/C13H18O3/c1-9-6-7-11(15-4)10(8-9)13(2,3)12(14)16-5/h6-8H,1-5H3. The fourth-order valence-electron chi connectivity index (χ4n) is 1.68. The summed E-state index contributed by atoms with van der Waals surface area (Å²) >= 11 is 0. The second kappa shape index (κ2) is 4.56. The molecule has 0 radical (unpaired) electrons. The molecule has 0 bridgehead atoms. The number of methoxy groups -OCH3 is 2. The summed E-state index contributed by atoms with van der Waals surface area (Å²) in [7, 11) is 2.99. The predicted octanol–water partition coefficient (Wildman–Crippen LogP) is 2.45. The van der Waals surface area contributed by atoms with Gasteiger partial charge in [0, 0.05) is 5.56 Å². The highest BCUT2D eigenvalue weighted by atomic mass is 16.5. The summed E-state index contributed by atoms with van der Waals surface area (Å²) in [4.78, 5) is 11.7. The van der Waals surface area contributed by atoms with Gasteiger partial charge in [0.05, 0.1) is 19.6 Å². The molecule has 0 saturated heterocycles. The van der Waals surface area contributed by atoms with Gasteiger partial charge in [0.1, 0.15) is 5.75 Å². The van der Waals surface area contributed by atoms with Crippen molar-refractivity contribution in [2.45, 2.75) is 26.2 Å². The molecule has 0 spiro atoms. The van der Waals surface area contributed by atoms with E-state index in [1.165, 1.54) is 7.11 Å². The second-order valence-corrected chi connectivity index (χ2v) is 4.32. The van der Waals surface area contributed by atoms with E-state index in [1.807, 2.05) is 39.0 Å². The molecule has 1 rings (SSSR count). The van der Waals surface area contributed by atoms with Crippen LogP contribution in [-0.2, 0) is 14.9 Å². The van der Waals surface area contributed by atoms with Crippen molar-refractivity contribution < 1.29 is 14.3 Å². The first-order valence-electron chi connectivity index (χ1n) is 5.17. The van der Waals surface area contributed by atoms with Gasteiger partial charge in [0.2, 0.25) is 0 Å². The summed E-state index contributed by atoms with van der Waals surface area (Å²) in [6, 6.07) is 5.78. The summed E-state index contributed by atoms with van der Waals surface area (Å²) in [6.45, 7) is 5.64. The maximum absolute atomic E-state index is 11.7. The lowest BCUT2D eigenvalue weighted by Crippen LogP contribution is -2.30. The number of benzene rings is 1. The Labute approximate surface area is 96.4 Å². The first-order valence-corrected chi connectivity index (χ1v) is 5.17. The molecular weight excluding hydrogens is 204 g/mol. The van der Waals surface area contributed by atoms with Crippen LogP contribution >= 0.6 is 0 Å². The Balaban J connectivity index is 3.30. The summed E-state index contributed by atoms with van der Waals surface area (Å²) < 4.78 is 10.1. The first kappa shape index (κ1) is 12.6. The van der Waals surface area contributed by atoms with Crippen LogP contribution in [0.2, 0.25) is 0 Å². The fraction of sp³-hybridized carbons (Fsp3) is 0.462. The monoisotopic (exact) mass is 222 g/mol. The normalized spacial score (nSPS) is 11.1. The summed E-state index contributed by atoms with van der Waals surface area (Å²) in [5, 5.41) is 0. The Morgan fingerprint density at radius 2 is 1.88 bits per heavy atom. The Morgan fingerprint density at radius 3 is 2.38 bits per heavy atom. The third-order valence-electron chi connectivity index (χ3n) is 2.72. The highest BCUT2D eigenvalue weighted by molar-refractivity contribution is 5.83. The Kier molecular flexibility index (Phi) is 3.58. The van der Waals surface area contributed by atoms with E-state index >= 15 is 0 Å². The molecule has 0 aliphatic rings. The molecule has 0 unspecified atom stereocenters. The number of aryl methyl sites for hydroxylation is 1. The molecule has 3 heteroatoms. The van der Waals surface area contributed by atoms with E-state index in [1.54, 1.807) is 7.11 Å². The minimum atomic E-state index is -0.702. The van der Waals surface area contributed by atoms with Gasteiger partial charge < -0.3 is 9.47 Å². The van der Waals surface area contributed by atoms with Crippen molar-refractivity contribution >= 4 is 5.97 Å². The highest BCUT2D eigenvalue weighted by Gasteiger charge is 2.33. The van der Waals surface area contributed by atoms with Gasteiger partial charge in [-0.1, -0.05) is 17.7 Å². The molecule has 1 aromatic carbocycles. The van der Waals surface area contributed by atoms with Gasteiger partial charge >= 0.3 is 5.97 Å². The zero-order chi connectivity index (χ0) is 12.3. The average Bonchev–Trinajstić information content (AvgIpc) is 2.27. The number of rotatable bonds is 3. The number of hydrogen-bond acceptors (Lipinski definition) is 3. The number of hydrogen-bond donors (Lipinski definition) is 0. The van der Waals surface area contributed by atoms with E-state index in [9.17, 15) is 4.79 Å². The molecule has 0 aliphatic carbocycles. The largest absolute Gasteiger partial charge is 0.496 e. The molecule has 1 aromatic rings. The smallest absolute Gasteiger partial charge is 0.315 e. The van der Waals surface area contributed by atoms with Crippen molar-refractivity contribution in [3.8, 4) is 5.75 Å². The van der Waals surface area contributed by atoms with Gasteiger partial charge in [0.15, 0.2) is 0 Å². The van der Waals surface area contributed by atoms with Crippen molar-refractivity contribution in [2.75, 3.05) is 14.2 Å². The maximum Gasteiger partial charge on any atom is 0.315 e. The Bertz CT molecular complexity index is 394. The average molecular weight is 222 g/mol. The van der Waals surface area contributed by atoms with Gasteiger partial charge in [0.25, 0.3) is 0 Å². The first-order chi connectivity index (χ1) is 7.43. The van der Waals surface area contributed by atoms with Crippen LogP contribution in [0.5, 0.6) is 5.75 Å². The Morgan fingerprint density at radius 1 is 1.25 bits per heavy atom. The topological polar surface area (TPSA) is 35.5 Å². The van der Waals surface area contributed by atoms with Gasteiger partial charge in [-0.15, -0.1) is 0 Å². The van der Waals surface area contributed by atoms with Crippen LogP contribution in [0.15, 0.2) is 18.2 Å². The lowest BCUT2D eigenvalue weighted by molar-refractivity contribution is -0.146. The van der Waals surface area contributed by atoms with E-state index in [0.717, 1.165) is 11.1 Å². The molecule has 3 nitrogen and oxygen atoms in total. The maximum atomic E-state index is 11.7. The molecule has 0 saturated carbocycles. The summed E-state index contributed by atoms with van der Waals surface area (Å²) in [5.41, 5.74) is 1.24. The van der Waals surface area contributed by atoms with E-state index in [2.05, 4.69) is 0 Å². The van der Waals surface area contributed by atoms with E-state index < -0.39 is 5.41 Å². The molecule has 16 heavy (non-hydrogen) atoms. The van der Waals surface area contributed by atoms with Crippen molar-refractivity contribution in [3.05, 3.63) is 29.3 Å². The second-order valence-electron chi connectivity index (χ2n) is 4.32. The van der Waals surface area contributed by atoms with Crippen LogP contribution in [0.3, 0.4) is 0 Å². The van der Waals surface area contributed by atoms with Gasteiger partial charge in [-0.2, -0.15) is 0 Å². The van der Waals surface area contributed by atoms with E-state index in [-0.39, 0.29) is 5.97 Å². The van der Waals surface area contributed by atoms with Crippen LogP contribution < -0.4 is 4.74 Å². The van der Waals surface area contributed by atoms with Crippen LogP contribution in [0.1, 0.15) is 25.0 Å². The molecule has 88 valence electrons. The molecule has 0 aromatic heterocycles. The Hall–Kier alpha value is -1.51. The number of carbonyl (C=O) groups is 1. The third kappa shape index (κ3) is 2.18. The molecule has 0 fully saturated rings. The number of carbonyl (C=O) groups excluding carboxylic acids is 1. The number of esters is 1. The van der Waals surface area contributed by atoms with Crippen LogP contribution in [0, 0.1) is 6.92 Å². The van der Waals surface area contributed by atoms with Gasteiger partial charge in [-0.3, -0.25) is 4.79 Å². The quantitative estimate of drug-likeness (QED) is 0.737. The fourth-order valence-corrected chi connectivity index (χ4v) is 1.68. The lowest BCUT2D eigenvalue weighted by Gasteiger charge is -2.24. The van der Waals surface area contributed by atoms with Crippen molar-refractivity contribution in [1.29, 1.82) is 0 Å². The van der Waals surface area contributed by atoms with Crippen LogP contribution in [-0.4, -0.2) is 20.2 Å². The SMILES string of the molecule is COC(=O)C(C)(C)c1cc(C)ccc1OC. The van der Waals surface area contributed by atoms with Crippen molar-refractivity contribution in [3.63, 3.8) is 0 Å². The van der Waals surface area contributed by atoms with Crippen LogP contribution in [0.4, 0.5) is 0 Å². The number of ether oxygens (including phenoxy) is 2. The van der Waals surface area contributed by atoms with E-state index in [4.69, 9.17) is 9.47 Å². The highest BCUT2D eigenvalue weighted by Crippen LogP contribution is 2.33. The molecule has 0 amide bonds. The molecule has 0 N–H and O–H groups in total. The van der Waals surface area contributed by atoms with Crippen molar-refractivity contribution in [2.24, 2.45) is 0 Å². The lowest BCUT2D eigenvalue weighted by atomic mass is 9.83. The molecule has 0 aliphatic heterocycles. The van der Waals surface area contributed by atoms with Gasteiger partial charge in [-0.25, -0.2) is 0 Å². The molecule has 0 atom stereocenters. The van der Waals surface area contributed by atoms with Crippen LogP contribution in [0.25, 0.3) is 0 Å². The zero-order valence-corrected chi connectivity index (χ0v) is 10.5. The van der Waals surface area contributed by atoms with Crippen molar-refractivity contribution in [1.82, 2.24) is 0 Å². The molecule has 0 heterocycles. The van der Waals surface area contributed by atoms with Gasteiger partial charge in [-0.05, 0) is 26.8 Å². The summed E-state index contributed by atoms with van der Waals surface area (Å²) in [5.74, 6) is 0.442. The van der Waals surface area contributed by atoms with E-state index in [0.29, 0.717) is 5.75 Å². The minimum Gasteiger partial charge on any atom is -0.496 e.